The maximum absolute atomic E-state index is 4.42. The van der Waals surface area contributed by atoms with Crippen LogP contribution in [0.2, 0.25) is 0 Å². The SMILES string of the molecule is Brc1cccc(CNc2cnc3ccccc3c2)n1. The largest absolute Gasteiger partial charge is 0.378 e. The summed E-state index contributed by atoms with van der Waals surface area (Å²) in [5, 5.41) is 4.47. The van der Waals surface area contributed by atoms with Gasteiger partial charge >= 0.3 is 0 Å². The molecule has 0 bridgehead atoms. The second-order valence-corrected chi connectivity index (χ2v) is 5.03. The van der Waals surface area contributed by atoms with Crippen molar-refractivity contribution in [3.05, 3.63) is 65.0 Å². The molecule has 0 aliphatic rings. The summed E-state index contributed by atoms with van der Waals surface area (Å²) in [7, 11) is 0. The normalized spacial score (nSPS) is 10.6. The first-order valence-corrected chi connectivity index (χ1v) is 6.81. The zero-order valence-electron chi connectivity index (χ0n) is 10.2. The highest BCUT2D eigenvalue weighted by Crippen LogP contribution is 2.16. The summed E-state index contributed by atoms with van der Waals surface area (Å²) in [5.41, 5.74) is 3.00. The van der Waals surface area contributed by atoms with E-state index in [0.717, 1.165) is 26.9 Å². The van der Waals surface area contributed by atoms with E-state index in [-0.39, 0.29) is 0 Å². The second kappa shape index (κ2) is 5.36. The Bertz CT molecular complexity index is 712. The molecule has 3 aromatic rings. The van der Waals surface area contributed by atoms with Crippen LogP contribution in [-0.2, 0) is 6.54 Å². The highest BCUT2D eigenvalue weighted by atomic mass is 79.9. The van der Waals surface area contributed by atoms with Gasteiger partial charge in [0, 0.05) is 5.39 Å². The molecule has 0 saturated carbocycles. The molecule has 0 spiro atoms. The molecular weight excluding hydrogens is 302 g/mol. The molecule has 3 rings (SSSR count). The highest BCUT2D eigenvalue weighted by molar-refractivity contribution is 9.10. The molecule has 3 nitrogen and oxygen atoms in total. The van der Waals surface area contributed by atoms with Crippen LogP contribution in [0.4, 0.5) is 5.69 Å². The average Bonchev–Trinajstić information content (AvgIpc) is 2.45. The van der Waals surface area contributed by atoms with E-state index in [1.54, 1.807) is 0 Å². The molecule has 0 aliphatic heterocycles. The van der Waals surface area contributed by atoms with Crippen LogP contribution in [-0.4, -0.2) is 9.97 Å². The summed E-state index contributed by atoms with van der Waals surface area (Å²) in [6.07, 6.45) is 1.85. The number of nitrogens with zero attached hydrogens (tertiary/aromatic N) is 2. The number of halogens is 1. The Morgan fingerprint density at radius 1 is 1.05 bits per heavy atom. The van der Waals surface area contributed by atoms with E-state index in [0.29, 0.717) is 6.54 Å². The van der Waals surface area contributed by atoms with Crippen LogP contribution in [0.3, 0.4) is 0 Å². The van der Waals surface area contributed by atoms with Gasteiger partial charge in [-0.05, 0) is 40.2 Å². The fourth-order valence-electron chi connectivity index (χ4n) is 1.91. The minimum Gasteiger partial charge on any atom is -0.378 e. The zero-order chi connectivity index (χ0) is 13.1. The number of nitrogens with one attached hydrogen (secondary N) is 1. The van der Waals surface area contributed by atoms with Crippen LogP contribution < -0.4 is 5.32 Å². The Balaban J connectivity index is 1.78. The van der Waals surface area contributed by atoms with Crippen molar-refractivity contribution in [1.29, 1.82) is 0 Å². The predicted molar refractivity (Wildman–Crippen MR) is 81.0 cm³/mol. The van der Waals surface area contributed by atoms with E-state index in [2.05, 4.69) is 43.3 Å². The van der Waals surface area contributed by atoms with Gasteiger partial charge in [0.2, 0.25) is 0 Å². The number of hydrogen-bond acceptors (Lipinski definition) is 3. The van der Waals surface area contributed by atoms with Gasteiger partial charge in [0.15, 0.2) is 0 Å². The smallest absolute Gasteiger partial charge is 0.106 e. The van der Waals surface area contributed by atoms with Crippen LogP contribution >= 0.6 is 15.9 Å². The average molecular weight is 314 g/mol. The summed E-state index contributed by atoms with van der Waals surface area (Å²) in [5.74, 6) is 0. The molecule has 2 heterocycles. The molecule has 0 amide bonds. The zero-order valence-corrected chi connectivity index (χ0v) is 11.8. The molecule has 0 unspecified atom stereocenters. The first-order chi connectivity index (χ1) is 9.31. The maximum atomic E-state index is 4.42. The monoisotopic (exact) mass is 313 g/mol. The number of fused-ring (bicyclic) bond motifs is 1. The van der Waals surface area contributed by atoms with Crippen molar-refractivity contribution < 1.29 is 0 Å². The Morgan fingerprint density at radius 2 is 1.95 bits per heavy atom. The van der Waals surface area contributed by atoms with Crippen molar-refractivity contribution in [2.45, 2.75) is 6.54 Å². The van der Waals surface area contributed by atoms with Crippen molar-refractivity contribution >= 4 is 32.5 Å². The van der Waals surface area contributed by atoms with Gasteiger partial charge in [-0.2, -0.15) is 0 Å². The summed E-state index contributed by atoms with van der Waals surface area (Å²) in [4.78, 5) is 8.80. The van der Waals surface area contributed by atoms with Crippen LogP contribution in [0.1, 0.15) is 5.69 Å². The lowest BCUT2D eigenvalue weighted by Gasteiger charge is -2.07. The topological polar surface area (TPSA) is 37.8 Å². The van der Waals surface area contributed by atoms with E-state index < -0.39 is 0 Å². The Labute approximate surface area is 119 Å². The lowest BCUT2D eigenvalue weighted by molar-refractivity contribution is 1.03. The van der Waals surface area contributed by atoms with Gasteiger partial charge in [-0.25, -0.2) is 4.98 Å². The maximum Gasteiger partial charge on any atom is 0.106 e. The predicted octanol–water partition coefficient (Wildman–Crippen LogP) is 4.00. The Hall–Kier alpha value is -1.94. The fourth-order valence-corrected chi connectivity index (χ4v) is 2.29. The van der Waals surface area contributed by atoms with Crippen LogP contribution in [0.25, 0.3) is 10.9 Å². The van der Waals surface area contributed by atoms with Crippen LogP contribution in [0, 0.1) is 0 Å². The summed E-state index contributed by atoms with van der Waals surface area (Å²) in [6.45, 7) is 0.680. The van der Waals surface area contributed by atoms with Gasteiger partial charge in [0.25, 0.3) is 0 Å². The lowest BCUT2D eigenvalue weighted by Crippen LogP contribution is -2.01. The summed E-state index contributed by atoms with van der Waals surface area (Å²) in [6, 6.07) is 16.1. The number of anilines is 1. The van der Waals surface area contributed by atoms with E-state index in [1.165, 1.54) is 0 Å². The molecule has 4 heteroatoms. The molecule has 0 radical (unpaired) electrons. The molecule has 19 heavy (non-hydrogen) atoms. The van der Waals surface area contributed by atoms with Gasteiger partial charge in [0.1, 0.15) is 4.60 Å². The van der Waals surface area contributed by atoms with Crippen molar-refractivity contribution in [2.24, 2.45) is 0 Å². The van der Waals surface area contributed by atoms with E-state index >= 15 is 0 Å². The molecule has 0 saturated heterocycles. The second-order valence-electron chi connectivity index (χ2n) is 4.22. The minimum absolute atomic E-state index is 0.680. The molecule has 94 valence electrons. The first kappa shape index (κ1) is 12.1. The summed E-state index contributed by atoms with van der Waals surface area (Å²) >= 11 is 3.37. The van der Waals surface area contributed by atoms with Crippen LogP contribution in [0.5, 0.6) is 0 Å². The third-order valence-electron chi connectivity index (χ3n) is 2.84. The molecule has 2 aromatic heterocycles. The van der Waals surface area contributed by atoms with Gasteiger partial charge in [-0.1, -0.05) is 24.3 Å². The molecule has 1 N–H and O–H groups in total. The number of pyridine rings is 2. The Kier molecular flexibility index (Phi) is 3.42. The third kappa shape index (κ3) is 2.90. The quantitative estimate of drug-likeness (QED) is 0.743. The van der Waals surface area contributed by atoms with E-state index in [1.807, 2.05) is 42.6 Å². The van der Waals surface area contributed by atoms with Crippen molar-refractivity contribution in [3.63, 3.8) is 0 Å². The number of hydrogen-bond donors (Lipinski definition) is 1. The molecule has 0 atom stereocenters. The van der Waals surface area contributed by atoms with Gasteiger partial charge < -0.3 is 5.32 Å². The number of benzene rings is 1. The van der Waals surface area contributed by atoms with Gasteiger partial charge in [-0.15, -0.1) is 0 Å². The summed E-state index contributed by atoms with van der Waals surface area (Å²) < 4.78 is 0.850. The Morgan fingerprint density at radius 3 is 2.84 bits per heavy atom. The van der Waals surface area contributed by atoms with Crippen molar-refractivity contribution in [1.82, 2.24) is 9.97 Å². The fraction of sp³-hybridized carbons (Fsp3) is 0.0667. The highest BCUT2D eigenvalue weighted by Gasteiger charge is 1.99. The van der Waals surface area contributed by atoms with Gasteiger partial charge in [-0.3, -0.25) is 4.98 Å². The number of aromatic nitrogens is 2. The number of para-hydroxylation sites is 1. The van der Waals surface area contributed by atoms with Crippen molar-refractivity contribution in [3.8, 4) is 0 Å². The van der Waals surface area contributed by atoms with E-state index in [9.17, 15) is 0 Å². The van der Waals surface area contributed by atoms with E-state index in [4.69, 9.17) is 0 Å². The molecule has 1 aromatic carbocycles. The lowest BCUT2D eigenvalue weighted by atomic mass is 10.2. The van der Waals surface area contributed by atoms with Crippen LogP contribution in [0.15, 0.2) is 59.3 Å². The minimum atomic E-state index is 0.680. The molecule has 0 aliphatic carbocycles. The van der Waals surface area contributed by atoms with Gasteiger partial charge in [0.05, 0.1) is 29.6 Å². The third-order valence-corrected chi connectivity index (χ3v) is 3.28. The van der Waals surface area contributed by atoms with Crippen molar-refractivity contribution in [2.75, 3.05) is 5.32 Å². The first-order valence-electron chi connectivity index (χ1n) is 6.01. The molecule has 0 fully saturated rings. The number of rotatable bonds is 3. The molecular formula is C15H12BrN3. The standard InChI is InChI=1S/C15H12BrN3/c16-15-7-3-5-12(19-15)9-17-13-8-11-4-1-2-6-14(11)18-10-13/h1-8,10,17H,9H2.